The molecular weight excluding hydrogens is 406 g/mol. The van der Waals surface area contributed by atoms with Gasteiger partial charge < -0.3 is 14.2 Å². The van der Waals surface area contributed by atoms with Crippen molar-refractivity contribution < 1.29 is 27.4 Å². The average Bonchev–Trinajstić information content (AvgIpc) is 3.03. The zero-order valence-electron chi connectivity index (χ0n) is 17.4. The van der Waals surface area contributed by atoms with Crippen molar-refractivity contribution in [2.45, 2.75) is 56.3 Å². The van der Waals surface area contributed by atoms with E-state index < -0.39 is 10.0 Å². The van der Waals surface area contributed by atoms with Gasteiger partial charge in [0.05, 0.1) is 30.6 Å². The third-order valence-corrected chi connectivity index (χ3v) is 8.22. The standard InChI is InChI=1S/C22H31NO6S/c24-22(29-16-17-5-2-1-3-6-17)18-9-11-23(12-10-18)30(25,26)19-7-8-20-21(15-19)28-14-4-13-27-20/h7-8,15,17-18H,1-6,9-14,16H2. The number of carbonyl (C=O) groups excluding carboxylic acids is 1. The molecule has 0 spiro atoms. The molecule has 2 fully saturated rings. The number of benzene rings is 1. The summed E-state index contributed by atoms with van der Waals surface area (Å²) < 4.78 is 44.4. The summed E-state index contributed by atoms with van der Waals surface area (Å²) in [5.41, 5.74) is 0. The minimum atomic E-state index is -3.64. The van der Waals surface area contributed by atoms with Gasteiger partial charge in [-0.05, 0) is 43.7 Å². The van der Waals surface area contributed by atoms with E-state index in [1.165, 1.54) is 23.6 Å². The summed E-state index contributed by atoms with van der Waals surface area (Å²) in [6.45, 7) is 2.21. The smallest absolute Gasteiger partial charge is 0.309 e. The lowest BCUT2D eigenvalue weighted by molar-refractivity contribution is -0.151. The molecule has 0 radical (unpaired) electrons. The number of carbonyl (C=O) groups is 1. The molecule has 1 aliphatic carbocycles. The molecule has 1 aromatic carbocycles. The second-order valence-electron chi connectivity index (χ2n) is 8.47. The van der Waals surface area contributed by atoms with Gasteiger partial charge >= 0.3 is 5.97 Å². The summed E-state index contributed by atoms with van der Waals surface area (Å²) in [7, 11) is -3.64. The summed E-state index contributed by atoms with van der Waals surface area (Å²) in [5.74, 6) is 1.14. The van der Waals surface area contributed by atoms with Crippen LogP contribution in [0.1, 0.15) is 51.4 Å². The van der Waals surface area contributed by atoms with Crippen LogP contribution in [0.3, 0.4) is 0 Å². The highest BCUT2D eigenvalue weighted by atomic mass is 32.2. The highest BCUT2D eigenvalue weighted by Gasteiger charge is 2.33. The molecule has 0 bridgehead atoms. The maximum absolute atomic E-state index is 13.1. The van der Waals surface area contributed by atoms with Gasteiger partial charge in [-0.25, -0.2) is 8.42 Å². The highest BCUT2D eigenvalue weighted by Crippen LogP contribution is 2.34. The molecule has 1 saturated heterocycles. The molecule has 0 atom stereocenters. The molecule has 2 heterocycles. The first-order valence-electron chi connectivity index (χ1n) is 11.1. The van der Waals surface area contributed by atoms with E-state index in [1.54, 1.807) is 18.2 Å². The first kappa shape index (κ1) is 21.4. The summed E-state index contributed by atoms with van der Waals surface area (Å²) >= 11 is 0. The van der Waals surface area contributed by atoms with Crippen LogP contribution in [-0.4, -0.2) is 51.6 Å². The van der Waals surface area contributed by atoms with Crippen molar-refractivity contribution in [3.05, 3.63) is 18.2 Å². The Morgan fingerprint density at radius 1 is 0.967 bits per heavy atom. The van der Waals surface area contributed by atoms with Crippen molar-refractivity contribution in [2.24, 2.45) is 11.8 Å². The molecule has 30 heavy (non-hydrogen) atoms. The third kappa shape index (κ3) is 4.91. The van der Waals surface area contributed by atoms with Gasteiger partial charge in [0.1, 0.15) is 0 Å². The van der Waals surface area contributed by atoms with Crippen molar-refractivity contribution in [3.8, 4) is 11.5 Å². The Balaban J connectivity index is 1.32. The third-order valence-electron chi connectivity index (χ3n) is 6.33. The number of ether oxygens (including phenoxy) is 3. The molecule has 0 amide bonds. The molecule has 7 nitrogen and oxygen atoms in total. The molecule has 1 aromatic rings. The topological polar surface area (TPSA) is 82.1 Å². The Morgan fingerprint density at radius 2 is 1.67 bits per heavy atom. The predicted octanol–water partition coefficient (Wildman–Crippen LogP) is 3.37. The SMILES string of the molecule is O=C(OCC1CCCCC1)C1CCN(S(=O)(=O)c2ccc3c(c2)OCCCO3)CC1. The number of hydrogen-bond donors (Lipinski definition) is 0. The number of sulfonamides is 1. The predicted molar refractivity (Wildman–Crippen MR) is 111 cm³/mol. The fourth-order valence-electron chi connectivity index (χ4n) is 4.46. The van der Waals surface area contributed by atoms with Crippen LogP contribution in [0, 0.1) is 11.8 Å². The molecule has 8 heteroatoms. The fraction of sp³-hybridized carbons (Fsp3) is 0.682. The van der Waals surface area contributed by atoms with Gasteiger partial charge in [-0.2, -0.15) is 4.31 Å². The number of nitrogens with zero attached hydrogens (tertiary/aromatic N) is 1. The van der Waals surface area contributed by atoms with Crippen LogP contribution in [0.15, 0.2) is 23.1 Å². The van der Waals surface area contributed by atoms with Crippen molar-refractivity contribution >= 4 is 16.0 Å². The van der Waals surface area contributed by atoms with Crippen LogP contribution in [0.25, 0.3) is 0 Å². The van der Waals surface area contributed by atoms with Gasteiger partial charge in [0, 0.05) is 25.6 Å². The molecule has 0 unspecified atom stereocenters. The quantitative estimate of drug-likeness (QED) is 0.657. The number of esters is 1. The van der Waals surface area contributed by atoms with Gasteiger partial charge in [0.15, 0.2) is 11.5 Å². The maximum Gasteiger partial charge on any atom is 0.309 e. The van der Waals surface area contributed by atoms with Crippen LogP contribution in [-0.2, 0) is 19.6 Å². The van der Waals surface area contributed by atoms with Crippen LogP contribution >= 0.6 is 0 Å². The first-order valence-corrected chi connectivity index (χ1v) is 12.5. The number of hydrogen-bond acceptors (Lipinski definition) is 6. The number of rotatable bonds is 5. The molecular formula is C22H31NO6S. The zero-order chi connectivity index (χ0) is 21.0. The monoisotopic (exact) mass is 437 g/mol. The molecule has 2 aliphatic heterocycles. The van der Waals surface area contributed by atoms with Gasteiger partial charge in [-0.15, -0.1) is 0 Å². The van der Waals surface area contributed by atoms with Gasteiger partial charge in [-0.1, -0.05) is 19.3 Å². The normalized spacial score (nSPS) is 21.7. The van der Waals surface area contributed by atoms with Gasteiger partial charge in [-0.3, -0.25) is 4.79 Å². The first-order chi connectivity index (χ1) is 14.5. The lowest BCUT2D eigenvalue weighted by Crippen LogP contribution is -2.40. The lowest BCUT2D eigenvalue weighted by Gasteiger charge is -2.30. The number of piperidine rings is 1. The Morgan fingerprint density at radius 3 is 2.40 bits per heavy atom. The minimum Gasteiger partial charge on any atom is -0.490 e. The van der Waals surface area contributed by atoms with Crippen LogP contribution in [0.4, 0.5) is 0 Å². The van der Waals surface area contributed by atoms with Crippen molar-refractivity contribution in [2.75, 3.05) is 32.9 Å². The van der Waals surface area contributed by atoms with E-state index in [1.807, 2.05) is 0 Å². The minimum absolute atomic E-state index is 0.173. The van der Waals surface area contributed by atoms with Crippen molar-refractivity contribution in [1.82, 2.24) is 4.31 Å². The van der Waals surface area contributed by atoms with E-state index in [4.69, 9.17) is 14.2 Å². The molecule has 3 aliphatic rings. The van der Waals surface area contributed by atoms with Gasteiger partial charge in [0.2, 0.25) is 10.0 Å². The molecule has 0 aromatic heterocycles. The summed E-state index contributed by atoms with van der Waals surface area (Å²) in [5, 5.41) is 0. The molecule has 166 valence electrons. The Labute approximate surface area is 178 Å². The largest absolute Gasteiger partial charge is 0.490 e. The molecule has 0 N–H and O–H groups in total. The van der Waals surface area contributed by atoms with E-state index in [9.17, 15) is 13.2 Å². The number of fused-ring (bicyclic) bond motifs is 1. The van der Waals surface area contributed by atoms with Gasteiger partial charge in [0.25, 0.3) is 0 Å². The Hall–Kier alpha value is -1.80. The van der Waals surface area contributed by atoms with Crippen LogP contribution < -0.4 is 9.47 Å². The fourth-order valence-corrected chi connectivity index (χ4v) is 5.94. The maximum atomic E-state index is 13.1. The van der Waals surface area contributed by atoms with Crippen LogP contribution in [0.5, 0.6) is 11.5 Å². The average molecular weight is 438 g/mol. The van der Waals surface area contributed by atoms with E-state index in [0.29, 0.717) is 63.2 Å². The van der Waals surface area contributed by atoms with E-state index in [0.717, 1.165) is 19.3 Å². The zero-order valence-corrected chi connectivity index (χ0v) is 18.2. The van der Waals surface area contributed by atoms with E-state index in [2.05, 4.69) is 0 Å². The van der Waals surface area contributed by atoms with Crippen molar-refractivity contribution in [3.63, 3.8) is 0 Å². The Kier molecular flexibility index (Phi) is 6.83. The summed E-state index contributed by atoms with van der Waals surface area (Å²) in [6, 6.07) is 4.76. The summed E-state index contributed by atoms with van der Waals surface area (Å²) in [6.07, 6.45) is 7.75. The molecule has 4 rings (SSSR count). The summed E-state index contributed by atoms with van der Waals surface area (Å²) in [4.78, 5) is 12.6. The second-order valence-corrected chi connectivity index (χ2v) is 10.4. The van der Waals surface area contributed by atoms with E-state index >= 15 is 0 Å². The second kappa shape index (κ2) is 9.56. The van der Waals surface area contributed by atoms with Crippen LogP contribution in [0.2, 0.25) is 0 Å². The van der Waals surface area contributed by atoms with Crippen molar-refractivity contribution in [1.29, 1.82) is 0 Å². The molecule has 1 saturated carbocycles. The van der Waals surface area contributed by atoms with E-state index in [-0.39, 0.29) is 16.8 Å². The highest BCUT2D eigenvalue weighted by molar-refractivity contribution is 7.89. The lowest BCUT2D eigenvalue weighted by atomic mass is 9.90. The Bertz CT molecular complexity index is 841.